The number of halogens is 1. The van der Waals surface area contributed by atoms with Crippen LogP contribution in [0.15, 0.2) is 34.3 Å². The van der Waals surface area contributed by atoms with Gasteiger partial charge in [0.2, 0.25) is 0 Å². The second-order valence-corrected chi connectivity index (χ2v) is 6.69. The molecular formula is C16H18BrNO2. The number of carbonyl (C=O) groups is 1. The average molecular weight is 336 g/mol. The molecule has 2 unspecified atom stereocenters. The van der Waals surface area contributed by atoms with Gasteiger partial charge >= 0.3 is 5.97 Å². The summed E-state index contributed by atoms with van der Waals surface area (Å²) in [7, 11) is 0. The number of carboxylic acid groups (broad SMARTS) is 1. The van der Waals surface area contributed by atoms with Gasteiger partial charge < -0.3 is 10.0 Å². The fourth-order valence-electron chi connectivity index (χ4n) is 3.64. The number of hydrogen-bond acceptors (Lipinski definition) is 2. The van der Waals surface area contributed by atoms with Gasteiger partial charge in [-0.1, -0.05) is 21.5 Å². The van der Waals surface area contributed by atoms with E-state index in [-0.39, 0.29) is 0 Å². The van der Waals surface area contributed by atoms with E-state index in [1.165, 1.54) is 17.3 Å². The second-order valence-electron chi connectivity index (χ2n) is 5.77. The zero-order valence-corrected chi connectivity index (χ0v) is 13.1. The van der Waals surface area contributed by atoms with Crippen molar-refractivity contribution in [3.8, 4) is 0 Å². The van der Waals surface area contributed by atoms with Crippen LogP contribution in [0.3, 0.4) is 0 Å². The fraction of sp³-hybridized carbons (Fsp3) is 0.438. The number of piperidine rings is 1. The summed E-state index contributed by atoms with van der Waals surface area (Å²) in [6.45, 7) is 2.14. The normalized spacial score (nSPS) is 24.9. The molecule has 2 heterocycles. The first kappa shape index (κ1) is 13.7. The van der Waals surface area contributed by atoms with Gasteiger partial charge in [-0.3, -0.25) is 0 Å². The summed E-state index contributed by atoms with van der Waals surface area (Å²) in [5.74, 6) is -0.812. The number of nitrogens with zero attached hydrogens (tertiary/aromatic N) is 1. The number of aryl methyl sites for hydroxylation is 1. The van der Waals surface area contributed by atoms with Crippen molar-refractivity contribution in [3.63, 3.8) is 0 Å². The molecule has 1 aromatic rings. The molecule has 0 spiro atoms. The van der Waals surface area contributed by atoms with Crippen LogP contribution in [-0.2, 0) is 4.79 Å². The van der Waals surface area contributed by atoms with Crippen molar-refractivity contribution in [1.82, 2.24) is 0 Å². The highest BCUT2D eigenvalue weighted by Crippen LogP contribution is 2.42. The molecule has 3 rings (SSSR count). The Morgan fingerprint density at radius 3 is 2.55 bits per heavy atom. The van der Waals surface area contributed by atoms with Gasteiger partial charge in [0.1, 0.15) is 0 Å². The van der Waals surface area contributed by atoms with Gasteiger partial charge in [-0.2, -0.15) is 0 Å². The third-order valence-corrected chi connectivity index (χ3v) is 4.87. The SMILES string of the molecule is Cc1cc(Br)ccc1N1C2CCC1CC(=CC(=O)O)C2. The van der Waals surface area contributed by atoms with Crippen molar-refractivity contribution in [2.24, 2.45) is 0 Å². The van der Waals surface area contributed by atoms with Crippen molar-refractivity contribution in [2.75, 3.05) is 4.90 Å². The van der Waals surface area contributed by atoms with Crippen molar-refractivity contribution in [3.05, 3.63) is 39.9 Å². The number of fused-ring (bicyclic) bond motifs is 2. The molecule has 1 N–H and O–H groups in total. The Labute approximate surface area is 127 Å². The van der Waals surface area contributed by atoms with Crippen molar-refractivity contribution in [1.29, 1.82) is 0 Å². The minimum absolute atomic E-state index is 0.458. The molecule has 0 aliphatic carbocycles. The predicted octanol–water partition coefficient (Wildman–Crippen LogP) is 3.90. The minimum Gasteiger partial charge on any atom is -0.478 e. The molecule has 2 aliphatic rings. The highest BCUT2D eigenvalue weighted by Gasteiger charge is 2.39. The monoisotopic (exact) mass is 335 g/mol. The largest absolute Gasteiger partial charge is 0.478 e. The summed E-state index contributed by atoms with van der Waals surface area (Å²) >= 11 is 3.51. The standard InChI is InChI=1S/C16H18BrNO2/c1-10-6-12(17)2-5-15(10)18-13-3-4-14(18)8-11(7-13)9-16(19)20/h2,5-6,9,13-14H,3-4,7-8H2,1H3,(H,19,20). The van der Waals surface area contributed by atoms with Crippen LogP contribution in [0.5, 0.6) is 0 Å². The fourth-order valence-corrected chi connectivity index (χ4v) is 4.12. The third kappa shape index (κ3) is 2.49. The van der Waals surface area contributed by atoms with E-state index in [2.05, 4.69) is 46.0 Å². The van der Waals surface area contributed by atoms with Gasteiger partial charge in [0.15, 0.2) is 0 Å². The van der Waals surface area contributed by atoms with E-state index >= 15 is 0 Å². The van der Waals surface area contributed by atoms with E-state index in [9.17, 15) is 4.79 Å². The molecule has 2 fully saturated rings. The maximum absolute atomic E-state index is 10.8. The summed E-state index contributed by atoms with van der Waals surface area (Å²) in [5.41, 5.74) is 3.67. The lowest BCUT2D eigenvalue weighted by atomic mass is 9.95. The number of rotatable bonds is 2. The van der Waals surface area contributed by atoms with Crippen LogP contribution in [0.2, 0.25) is 0 Å². The van der Waals surface area contributed by atoms with E-state index in [0.717, 1.165) is 35.7 Å². The summed E-state index contributed by atoms with van der Waals surface area (Å²) in [6.07, 6.45) is 5.52. The zero-order valence-electron chi connectivity index (χ0n) is 11.5. The van der Waals surface area contributed by atoms with Crippen LogP contribution in [0, 0.1) is 6.92 Å². The van der Waals surface area contributed by atoms with Crippen LogP contribution in [0.1, 0.15) is 31.2 Å². The molecule has 0 aromatic heterocycles. The molecule has 106 valence electrons. The molecule has 0 saturated carbocycles. The summed E-state index contributed by atoms with van der Waals surface area (Å²) < 4.78 is 1.11. The number of carboxylic acids is 1. The summed E-state index contributed by atoms with van der Waals surface area (Å²) in [4.78, 5) is 13.4. The van der Waals surface area contributed by atoms with Gasteiger partial charge in [-0.25, -0.2) is 4.79 Å². The van der Waals surface area contributed by atoms with Crippen LogP contribution < -0.4 is 4.90 Å². The molecule has 2 saturated heterocycles. The smallest absolute Gasteiger partial charge is 0.328 e. The number of anilines is 1. The predicted molar refractivity (Wildman–Crippen MR) is 83.1 cm³/mol. The first-order valence-electron chi connectivity index (χ1n) is 7.01. The molecular weight excluding hydrogens is 318 g/mol. The molecule has 2 aliphatic heterocycles. The molecule has 0 amide bonds. The Morgan fingerprint density at radius 2 is 2.00 bits per heavy atom. The third-order valence-electron chi connectivity index (χ3n) is 4.38. The Morgan fingerprint density at radius 1 is 1.35 bits per heavy atom. The van der Waals surface area contributed by atoms with Gasteiger partial charge in [0.05, 0.1) is 0 Å². The first-order chi connectivity index (χ1) is 9.54. The van der Waals surface area contributed by atoms with E-state index in [1.807, 2.05) is 0 Å². The lowest BCUT2D eigenvalue weighted by Crippen LogP contribution is -2.41. The van der Waals surface area contributed by atoms with E-state index < -0.39 is 5.97 Å². The van der Waals surface area contributed by atoms with Crippen LogP contribution in [0.25, 0.3) is 0 Å². The number of aliphatic carboxylic acids is 1. The molecule has 3 nitrogen and oxygen atoms in total. The lowest BCUT2D eigenvalue weighted by Gasteiger charge is -2.39. The number of hydrogen-bond donors (Lipinski definition) is 1. The second kappa shape index (κ2) is 5.24. The molecule has 2 bridgehead atoms. The Balaban J connectivity index is 1.89. The van der Waals surface area contributed by atoms with Crippen LogP contribution in [-0.4, -0.2) is 23.2 Å². The van der Waals surface area contributed by atoms with Gasteiger partial charge in [0, 0.05) is 28.3 Å². The average Bonchev–Trinajstić information content (AvgIpc) is 2.62. The molecule has 20 heavy (non-hydrogen) atoms. The van der Waals surface area contributed by atoms with Crippen molar-refractivity contribution in [2.45, 2.75) is 44.7 Å². The summed E-state index contributed by atoms with van der Waals surface area (Å²) in [5, 5.41) is 8.92. The van der Waals surface area contributed by atoms with Gasteiger partial charge in [0.25, 0.3) is 0 Å². The Hall–Kier alpha value is -1.29. The maximum Gasteiger partial charge on any atom is 0.328 e. The quantitative estimate of drug-likeness (QED) is 0.833. The zero-order chi connectivity index (χ0) is 14.3. The van der Waals surface area contributed by atoms with Crippen LogP contribution >= 0.6 is 15.9 Å². The van der Waals surface area contributed by atoms with Crippen LogP contribution in [0.4, 0.5) is 5.69 Å². The van der Waals surface area contributed by atoms with Crippen molar-refractivity contribution >= 4 is 27.6 Å². The molecule has 1 aromatic carbocycles. The van der Waals surface area contributed by atoms with E-state index in [1.54, 1.807) is 0 Å². The molecule has 2 atom stereocenters. The Bertz CT molecular complexity index is 566. The number of benzene rings is 1. The van der Waals surface area contributed by atoms with Crippen molar-refractivity contribution < 1.29 is 9.90 Å². The van der Waals surface area contributed by atoms with E-state index in [0.29, 0.717) is 12.1 Å². The first-order valence-corrected chi connectivity index (χ1v) is 7.81. The Kier molecular flexibility index (Phi) is 3.59. The minimum atomic E-state index is -0.812. The maximum atomic E-state index is 10.8. The summed E-state index contributed by atoms with van der Waals surface area (Å²) in [6, 6.07) is 7.33. The topological polar surface area (TPSA) is 40.5 Å². The highest BCUT2D eigenvalue weighted by atomic mass is 79.9. The molecule has 0 radical (unpaired) electrons. The molecule has 4 heteroatoms. The van der Waals surface area contributed by atoms with E-state index in [4.69, 9.17) is 5.11 Å². The lowest BCUT2D eigenvalue weighted by molar-refractivity contribution is -0.131. The van der Waals surface area contributed by atoms with Gasteiger partial charge in [-0.15, -0.1) is 0 Å². The van der Waals surface area contributed by atoms with Gasteiger partial charge in [-0.05, 0) is 56.4 Å². The highest BCUT2D eigenvalue weighted by molar-refractivity contribution is 9.10.